The van der Waals surface area contributed by atoms with E-state index in [-0.39, 0.29) is 10.8 Å². The molecule has 2 heteroatoms. The van der Waals surface area contributed by atoms with Crippen LogP contribution in [-0.2, 0) is 5.41 Å². The Labute approximate surface area is 155 Å². The van der Waals surface area contributed by atoms with Gasteiger partial charge in [-0.05, 0) is 97.1 Å². The highest BCUT2D eigenvalue weighted by atomic mass is 16.3. The van der Waals surface area contributed by atoms with Crippen LogP contribution in [0.5, 0.6) is 11.5 Å². The molecule has 4 aliphatic carbocycles. The molecule has 2 aromatic carbocycles. The van der Waals surface area contributed by atoms with Crippen molar-refractivity contribution < 1.29 is 10.2 Å². The number of phenolic OH excluding ortho intramolecular Hbond substituents is 2. The quantitative estimate of drug-likeness (QED) is 0.756. The summed E-state index contributed by atoms with van der Waals surface area (Å²) in [6.45, 7) is 2.38. The fraction of sp³-hybridized carbons (Fsp3) is 0.500. The number of rotatable bonds is 3. The highest BCUT2D eigenvalue weighted by Crippen LogP contribution is 2.72. The zero-order valence-electron chi connectivity index (χ0n) is 15.5. The molecule has 26 heavy (non-hydrogen) atoms. The maximum Gasteiger partial charge on any atom is 0.115 e. The van der Waals surface area contributed by atoms with Crippen LogP contribution in [0.2, 0.25) is 0 Å². The van der Waals surface area contributed by atoms with Gasteiger partial charge in [0.25, 0.3) is 0 Å². The Balaban J connectivity index is 1.79. The van der Waals surface area contributed by atoms with Crippen LogP contribution in [0, 0.1) is 23.2 Å². The molecule has 2 aromatic rings. The Kier molecular flexibility index (Phi) is 3.44. The van der Waals surface area contributed by atoms with Crippen LogP contribution in [-0.4, -0.2) is 10.2 Å². The molecule has 2 unspecified atom stereocenters. The van der Waals surface area contributed by atoms with E-state index in [0.717, 1.165) is 11.8 Å². The fourth-order valence-corrected chi connectivity index (χ4v) is 7.46. The fourth-order valence-electron chi connectivity index (χ4n) is 7.46. The van der Waals surface area contributed by atoms with Gasteiger partial charge in [-0.1, -0.05) is 31.2 Å². The summed E-state index contributed by atoms with van der Waals surface area (Å²) < 4.78 is 0. The van der Waals surface area contributed by atoms with E-state index >= 15 is 0 Å². The summed E-state index contributed by atoms with van der Waals surface area (Å²) in [4.78, 5) is 0. The zero-order valence-corrected chi connectivity index (χ0v) is 15.5. The van der Waals surface area contributed by atoms with Crippen LogP contribution in [0.4, 0.5) is 0 Å². The summed E-state index contributed by atoms with van der Waals surface area (Å²) in [5, 5.41) is 19.8. The van der Waals surface area contributed by atoms with E-state index in [0.29, 0.717) is 17.4 Å². The minimum absolute atomic E-state index is 0.00340. The smallest absolute Gasteiger partial charge is 0.115 e. The highest BCUT2D eigenvalue weighted by Gasteiger charge is 2.65. The molecule has 0 heterocycles. The van der Waals surface area contributed by atoms with Crippen LogP contribution >= 0.6 is 0 Å². The Bertz CT molecular complexity index is 746. The lowest BCUT2D eigenvalue weighted by Crippen LogP contribution is -2.62. The first-order valence-corrected chi connectivity index (χ1v) is 10.2. The lowest BCUT2D eigenvalue weighted by atomic mass is 9.35. The molecule has 2 N–H and O–H groups in total. The summed E-state index contributed by atoms with van der Waals surface area (Å²) >= 11 is 0. The van der Waals surface area contributed by atoms with Gasteiger partial charge >= 0.3 is 0 Å². The maximum atomic E-state index is 9.89. The van der Waals surface area contributed by atoms with Gasteiger partial charge in [0.2, 0.25) is 0 Å². The lowest BCUT2D eigenvalue weighted by Gasteiger charge is -2.68. The van der Waals surface area contributed by atoms with E-state index in [2.05, 4.69) is 31.2 Å². The molecule has 4 saturated carbocycles. The van der Waals surface area contributed by atoms with Crippen molar-refractivity contribution in [2.75, 3.05) is 0 Å². The van der Waals surface area contributed by atoms with Gasteiger partial charge in [0, 0.05) is 5.41 Å². The summed E-state index contributed by atoms with van der Waals surface area (Å²) in [6, 6.07) is 16.0. The number of benzene rings is 2. The number of hydrogen-bond donors (Lipinski definition) is 2. The third-order valence-corrected chi connectivity index (χ3v) is 8.03. The van der Waals surface area contributed by atoms with Gasteiger partial charge in [0.05, 0.1) is 0 Å². The number of phenols is 2. The van der Waals surface area contributed by atoms with Crippen LogP contribution in [0.3, 0.4) is 0 Å². The average molecular weight is 348 g/mol. The van der Waals surface area contributed by atoms with E-state index in [1.807, 2.05) is 24.3 Å². The van der Waals surface area contributed by atoms with Crippen LogP contribution in [0.25, 0.3) is 0 Å². The van der Waals surface area contributed by atoms with Gasteiger partial charge in [-0.2, -0.15) is 0 Å². The van der Waals surface area contributed by atoms with Crippen molar-refractivity contribution in [3.63, 3.8) is 0 Å². The molecule has 0 aliphatic heterocycles. The van der Waals surface area contributed by atoms with E-state index < -0.39 is 0 Å². The molecule has 0 radical (unpaired) electrons. The topological polar surface area (TPSA) is 40.5 Å². The van der Waals surface area contributed by atoms with Crippen LogP contribution < -0.4 is 0 Å². The van der Waals surface area contributed by atoms with Crippen molar-refractivity contribution in [2.24, 2.45) is 23.2 Å². The molecule has 6 rings (SSSR count). The van der Waals surface area contributed by atoms with Crippen molar-refractivity contribution in [2.45, 2.75) is 50.9 Å². The van der Waals surface area contributed by atoms with E-state index in [1.54, 1.807) is 0 Å². The molecule has 0 aromatic heterocycles. The second kappa shape index (κ2) is 5.52. The van der Waals surface area contributed by atoms with Crippen molar-refractivity contribution in [3.05, 3.63) is 59.7 Å². The summed E-state index contributed by atoms with van der Waals surface area (Å²) in [5.74, 6) is 3.10. The Morgan fingerprint density at radius 2 is 1.23 bits per heavy atom. The molecule has 4 fully saturated rings. The first kappa shape index (κ1) is 16.2. The summed E-state index contributed by atoms with van der Waals surface area (Å²) in [6.07, 6.45) is 7.90. The summed E-state index contributed by atoms with van der Waals surface area (Å²) in [7, 11) is 0. The molecule has 2 nitrogen and oxygen atoms in total. The molecule has 0 amide bonds. The largest absolute Gasteiger partial charge is 0.508 e. The second-order valence-corrected chi connectivity index (χ2v) is 9.08. The summed E-state index contributed by atoms with van der Waals surface area (Å²) in [5.41, 5.74) is 2.99. The van der Waals surface area contributed by atoms with E-state index in [4.69, 9.17) is 0 Å². The standard InChI is InChI=1S/C24H28O2/c1-2-23-14-16-11-17(15-23)13-20(12-16)24(23,18-3-7-21(25)8-4-18)19-5-9-22(26)10-6-19/h3-10,16-17,20,25-26H,2,11-15H2,1H3. The van der Waals surface area contributed by atoms with Gasteiger partial charge in [-0.3, -0.25) is 0 Å². The third kappa shape index (κ3) is 1.99. The van der Waals surface area contributed by atoms with Gasteiger partial charge in [0.15, 0.2) is 0 Å². The normalized spacial score (nSPS) is 34.1. The number of hydrogen-bond acceptors (Lipinski definition) is 2. The minimum Gasteiger partial charge on any atom is -0.508 e. The lowest BCUT2D eigenvalue weighted by molar-refractivity contribution is -0.116. The molecular weight excluding hydrogens is 320 g/mol. The minimum atomic E-state index is -0.00340. The van der Waals surface area contributed by atoms with Gasteiger partial charge in [0.1, 0.15) is 11.5 Å². The van der Waals surface area contributed by atoms with Crippen molar-refractivity contribution in [1.82, 2.24) is 0 Å². The molecule has 4 aliphatic rings. The van der Waals surface area contributed by atoms with Crippen LogP contribution in [0.1, 0.15) is 56.6 Å². The van der Waals surface area contributed by atoms with Crippen molar-refractivity contribution in [3.8, 4) is 11.5 Å². The predicted molar refractivity (Wildman–Crippen MR) is 103 cm³/mol. The zero-order chi connectivity index (χ0) is 17.9. The first-order chi connectivity index (χ1) is 12.6. The van der Waals surface area contributed by atoms with Crippen molar-refractivity contribution in [1.29, 1.82) is 0 Å². The SMILES string of the molecule is CCC12CC3CC(CC(C3)C1(c1ccc(O)cc1)c1ccc(O)cc1)C2. The third-order valence-electron chi connectivity index (χ3n) is 8.03. The molecular formula is C24H28O2. The van der Waals surface area contributed by atoms with E-state index in [9.17, 15) is 10.2 Å². The van der Waals surface area contributed by atoms with Gasteiger partial charge in [-0.15, -0.1) is 0 Å². The molecule has 136 valence electrons. The number of aromatic hydroxyl groups is 2. The molecule has 2 atom stereocenters. The van der Waals surface area contributed by atoms with Gasteiger partial charge in [-0.25, -0.2) is 0 Å². The molecule has 0 spiro atoms. The van der Waals surface area contributed by atoms with Gasteiger partial charge < -0.3 is 10.2 Å². The second-order valence-electron chi connectivity index (χ2n) is 9.08. The molecule has 4 bridgehead atoms. The monoisotopic (exact) mass is 348 g/mol. The average Bonchev–Trinajstić information content (AvgIpc) is 2.64. The predicted octanol–water partition coefficient (Wildman–Crippen LogP) is 5.62. The Morgan fingerprint density at radius 3 is 1.65 bits per heavy atom. The van der Waals surface area contributed by atoms with Crippen molar-refractivity contribution >= 4 is 0 Å². The Hall–Kier alpha value is -1.96. The van der Waals surface area contributed by atoms with Crippen LogP contribution in [0.15, 0.2) is 48.5 Å². The van der Waals surface area contributed by atoms with E-state index in [1.165, 1.54) is 49.7 Å². The first-order valence-electron chi connectivity index (χ1n) is 10.2. The maximum absolute atomic E-state index is 9.89. The Morgan fingerprint density at radius 1 is 0.769 bits per heavy atom. The highest BCUT2D eigenvalue weighted by molar-refractivity contribution is 5.48. The molecule has 0 saturated heterocycles.